The Labute approximate surface area is 127 Å². The Balaban J connectivity index is 1.64. The predicted molar refractivity (Wildman–Crippen MR) is 81.0 cm³/mol. The Hall–Kier alpha value is -1.73. The Morgan fingerprint density at radius 2 is 2.35 bits per heavy atom. The molecule has 3 aromatic heterocycles. The van der Waals surface area contributed by atoms with Gasteiger partial charge in [-0.1, -0.05) is 0 Å². The van der Waals surface area contributed by atoms with Gasteiger partial charge in [0.2, 0.25) is 0 Å². The molecule has 0 saturated heterocycles. The maximum Gasteiger partial charge on any atom is 0.256 e. The van der Waals surface area contributed by atoms with Gasteiger partial charge in [0, 0.05) is 23.8 Å². The third-order valence-corrected chi connectivity index (χ3v) is 4.49. The van der Waals surface area contributed by atoms with E-state index in [0.717, 1.165) is 10.2 Å². The highest BCUT2D eigenvalue weighted by atomic mass is 79.9. The summed E-state index contributed by atoms with van der Waals surface area (Å²) in [7, 11) is 0. The second-order valence-electron chi connectivity index (χ2n) is 4.16. The molecule has 0 unspecified atom stereocenters. The number of amides is 1. The van der Waals surface area contributed by atoms with Crippen LogP contribution < -0.4 is 5.32 Å². The molecule has 7 heteroatoms. The van der Waals surface area contributed by atoms with Crippen LogP contribution in [0.3, 0.4) is 0 Å². The summed E-state index contributed by atoms with van der Waals surface area (Å²) in [4.78, 5) is 17.5. The van der Waals surface area contributed by atoms with E-state index >= 15 is 0 Å². The van der Waals surface area contributed by atoms with Crippen molar-refractivity contribution in [2.24, 2.45) is 0 Å². The van der Waals surface area contributed by atoms with Crippen LogP contribution in [0.25, 0.3) is 5.65 Å². The first-order chi connectivity index (χ1) is 9.74. The van der Waals surface area contributed by atoms with Crippen molar-refractivity contribution in [1.82, 2.24) is 19.9 Å². The van der Waals surface area contributed by atoms with Crippen LogP contribution in [0.1, 0.15) is 15.2 Å². The highest BCUT2D eigenvalue weighted by molar-refractivity contribution is 9.11. The SMILES string of the molecule is O=C(NCCc1ccc(Br)s1)c1cnn2cccnc12. The highest BCUT2D eigenvalue weighted by Gasteiger charge is 2.12. The molecule has 0 aliphatic rings. The van der Waals surface area contributed by atoms with Crippen molar-refractivity contribution in [1.29, 1.82) is 0 Å². The zero-order valence-electron chi connectivity index (χ0n) is 10.4. The van der Waals surface area contributed by atoms with Crippen LogP contribution in [0.4, 0.5) is 0 Å². The zero-order chi connectivity index (χ0) is 13.9. The number of aromatic nitrogens is 3. The first-order valence-electron chi connectivity index (χ1n) is 6.05. The number of hydrogen-bond acceptors (Lipinski definition) is 4. The minimum absolute atomic E-state index is 0.144. The Morgan fingerprint density at radius 3 is 3.15 bits per heavy atom. The molecule has 0 saturated carbocycles. The molecule has 1 N–H and O–H groups in total. The van der Waals surface area contributed by atoms with Gasteiger partial charge in [0.05, 0.1) is 9.98 Å². The van der Waals surface area contributed by atoms with Gasteiger partial charge in [-0.15, -0.1) is 11.3 Å². The van der Waals surface area contributed by atoms with Gasteiger partial charge < -0.3 is 5.32 Å². The fourth-order valence-corrected chi connectivity index (χ4v) is 3.35. The molecule has 0 atom stereocenters. The fourth-order valence-electron chi connectivity index (χ4n) is 1.87. The van der Waals surface area contributed by atoms with E-state index in [-0.39, 0.29) is 5.91 Å². The number of nitrogens with zero attached hydrogens (tertiary/aromatic N) is 3. The van der Waals surface area contributed by atoms with Crippen molar-refractivity contribution in [3.05, 3.63) is 51.0 Å². The molecule has 3 aromatic rings. The first kappa shape index (κ1) is 13.3. The first-order valence-corrected chi connectivity index (χ1v) is 7.66. The van der Waals surface area contributed by atoms with Gasteiger partial charge in [-0.2, -0.15) is 5.10 Å². The number of thiophene rings is 1. The van der Waals surface area contributed by atoms with Gasteiger partial charge in [-0.05, 0) is 40.5 Å². The fraction of sp³-hybridized carbons (Fsp3) is 0.154. The van der Waals surface area contributed by atoms with E-state index in [2.05, 4.69) is 37.4 Å². The Morgan fingerprint density at radius 1 is 1.45 bits per heavy atom. The van der Waals surface area contributed by atoms with Crippen molar-refractivity contribution in [3.8, 4) is 0 Å². The third kappa shape index (κ3) is 2.73. The van der Waals surface area contributed by atoms with Crippen LogP contribution in [0.15, 0.2) is 40.6 Å². The van der Waals surface area contributed by atoms with Crippen LogP contribution in [-0.4, -0.2) is 27.0 Å². The second-order valence-corrected chi connectivity index (χ2v) is 6.71. The van der Waals surface area contributed by atoms with Crippen molar-refractivity contribution in [2.75, 3.05) is 6.54 Å². The normalized spacial score (nSPS) is 10.8. The second kappa shape index (κ2) is 5.72. The molecular formula is C13H11BrN4OS. The lowest BCUT2D eigenvalue weighted by Crippen LogP contribution is -2.25. The monoisotopic (exact) mass is 350 g/mol. The quantitative estimate of drug-likeness (QED) is 0.786. The molecule has 3 heterocycles. The van der Waals surface area contributed by atoms with E-state index in [9.17, 15) is 4.79 Å². The molecule has 5 nitrogen and oxygen atoms in total. The maximum absolute atomic E-state index is 12.1. The average molecular weight is 351 g/mol. The minimum atomic E-state index is -0.144. The summed E-state index contributed by atoms with van der Waals surface area (Å²) in [6.07, 6.45) is 5.77. The number of carbonyl (C=O) groups is 1. The smallest absolute Gasteiger partial charge is 0.256 e. The largest absolute Gasteiger partial charge is 0.352 e. The van der Waals surface area contributed by atoms with Crippen molar-refractivity contribution >= 4 is 38.8 Å². The van der Waals surface area contributed by atoms with Crippen LogP contribution in [0.2, 0.25) is 0 Å². The van der Waals surface area contributed by atoms with Gasteiger partial charge in [0.15, 0.2) is 5.65 Å². The Bertz CT molecular complexity index is 752. The summed E-state index contributed by atoms with van der Waals surface area (Å²) in [6, 6.07) is 5.84. The topological polar surface area (TPSA) is 59.3 Å². The van der Waals surface area contributed by atoms with Crippen molar-refractivity contribution < 1.29 is 4.79 Å². The molecule has 3 rings (SSSR count). The minimum Gasteiger partial charge on any atom is -0.352 e. The molecule has 0 spiro atoms. The zero-order valence-corrected chi connectivity index (χ0v) is 12.8. The highest BCUT2D eigenvalue weighted by Crippen LogP contribution is 2.22. The molecule has 0 aromatic carbocycles. The summed E-state index contributed by atoms with van der Waals surface area (Å²) in [5, 5.41) is 6.99. The summed E-state index contributed by atoms with van der Waals surface area (Å²) >= 11 is 5.10. The number of nitrogens with one attached hydrogen (secondary N) is 1. The van der Waals surface area contributed by atoms with E-state index in [1.807, 2.05) is 6.07 Å². The molecule has 102 valence electrons. The lowest BCUT2D eigenvalue weighted by Gasteiger charge is -2.02. The molecule has 0 aliphatic carbocycles. The van der Waals surface area contributed by atoms with Crippen molar-refractivity contribution in [3.63, 3.8) is 0 Å². The van der Waals surface area contributed by atoms with Crippen LogP contribution in [0.5, 0.6) is 0 Å². The lowest BCUT2D eigenvalue weighted by molar-refractivity contribution is 0.0955. The molecule has 0 aliphatic heterocycles. The predicted octanol–water partition coefficient (Wildman–Crippen LogP) is 2.53. The molecule has 0 bridgehead atoms. The molecule has 0 fully saturated rings. The number of fused-ring (bicyclic) bond motifs is 1. The van der Waals surface area contributed by atoms with Gasteiger partial charge >= 0.3 is 0 Å². The lowest BCUT2D eigenvalue weighted by atomic mass is 10.3. The number of rotatable bonds is 4. The summed E-state index contributed by atoms with van der Waals surface area (Å²) < 4.78 is 2.69. The van der Waals surface area contributed by atoms with Gasteiger partial charge in [0.25, 0.3) is 5.91 Å². The van der Waals surface area contributed by atoms with E-state index < -0.39 is 0 Å². The van der Waals surface area contributed by atoms with Gasteiger partial charge in [0.1, 0.15) is 5.56 Å². The van der Waals surface area contributed by atoms with Crippen molar-refractivity contribution in [2.45, 2.75) is 6.42 Å². The molecule has 1 amide bonds. The van der Waals surface area contributed by atoms with E-state index in [0.29, 0.717) is 17.8 Å². The maximum atomic E-state index is 12.1. The summed E-state index contributed by atoms with van der Waals surface area (Å²) in [5.41, 5.74) is 1.07. The number of halogens is 1. The Kier molecular flexibility index (Phi) is 3.79. The van der Waals surface area contributed by atoms with Crippen LogP contribution >= 0.6 is 27.3 Å². The number of hydrogen-bond donors (Lipinski definition) is 1. The van der Waals surface area contributed by atoms with Gasteiger partial charge in [-0.25, -0.2) is 9.50 Å². The summed E-state index contributed by atoms with van der Waals surface area (Å²) in [5.74, 6) is -0.144. The average Bonchev–Trinajstić information content (AvgIpc) is 3.05. The number of carbonyl (C=O) groups excluding carboxylic acids is 1. The molecular weight excluding hydrogens is 340 g/mol. The summed E-state index contributed by atoms with van der Waals surface area (Å²) in [6.45, 7) is 0.593. The third-order valence-electron chi connectivity index (χ3n) is 2.81. The van der Waals surface area contributed by atoms with Crippen LogP contribution in [0, 0.1) is 0 Å². The van der Waals surface area contributed by atoms with E-state index in [1.165, 1.54) is 4.88 Å². The standard InChI is InChI=1S/C13H11BrN4OS/c14-11-3-2-9(20-11)4-6-16-13(19)10-8-17-18-7-1-5-15-12(10)18/h1-3,5,7-8H,4,6H2,(H,16,19). The molecule has 20 heavy (non-hydrogen) atoms. The van der Waals surface area contributed by atoms with Gasteiger partial charge in [-0.3, -0.25) is 4.79 Å². The van der Waals surface area contributed by atoms with E-state index in [4.69, 9.17) is 0 Å². The van der Waals surface area contributed by atoms with Crippen LogP contribution in [-0.2, 0) is 6.42 Å². The molecule has 0 radical (unpaired) electrons. The van der Waals surface area contributed by atoms with E-state index in [1.54, 1.807) is 40.5 Å².